The number of hydrogen-bond donors (Lipinski definition) is 2. The van der Waals surface area contributed by atoms with E-state index in [1.165, 1.54) is 12.1 Å². The first-order chi connectivity index (χ1) is 8.32. The van der Waals surface area contributed by atoms with Gasteiger partial charge in [-0.15, -0.1) is 0 Å². The number of aromatic hydroxyl groups is 1. The van der Waals surface area contributed by atoms with Crippen molar-refractivity contribution in [3.05, 3.63) is 29.6 Å². The van der Waals surface area contributed by atoms with Crippen LogP contribution < -0.4 is 0 Å². The third kappa shape index (κ3) is 3.43. The van der Waals surface area contributed by atoms with Gasteiger partial charge in [-0.1, -0.05) is 6.07 Å². The standard InChI is InChI=1S/C13H18FNO3/c1-8(2)15(7-13(17)18)9(3)11-5-4-10(14)6-12(11)16/h4-6,8-9,16H,7H2,1-3H3,(H,17,18). The van der Waals surface area contributed by atoms with E-state index in [2.05, 4.69) is 0 Å². The third-order valence-corrected chi connectivity index (χ3v) is 2.92. The lowest BCUT2D eigenvalue weighted by molar-refractivity contribution is -0.139. The van der Waals surface area contributed by atoms with Crippen molar-refractivity contribution in [2.75, 3.05) is 6.54 Å². The smallest absolute Gasteiger partial charge is 0.317 e. The number of halogens is 1. The van der Waals surface area contributed by atoms with E-state index >= 15 is 0 Å². The molecule has 0 bridgehead atoms. The van der Waals surface area contributed by atoms with E-state index in [0.717, 1.165) is 6.07 Å². The summed E-state index contributed by atoms with van der Waals surface area (Å²) in [6.45, 7) is 5.41. The molecule has 0 spiro atoms. The van der Waals surface area contributed by atoms with Crippen LogP contribution in [0.15, 0.2) is 18.2 Å². The summed E-state index contributed by atoms with van der Waals surface area (Å²) in [4.78, 5) is 12.5. The zero-order valence-corrected chi connectivity index (χ0v) is 10.7. The fraction of sp³-hybridized carbons (Fsp3) is 0.462. The van der Waals surface area contributed by atoms with Crippen LogP contribution in [0.2, 0.25) is 0 Å². The Morgan fingerprint density at radius 1 is 1.39 bits per heavy atom. The van der Waals surface area contributed by atoms with Gasteiger partial charge in [0.15, 0.2) is 0 Å². The first-order valence-corrected chi connectivity index (χ1v) is 5.79. The molecule has 0 radical (unpaired) electrons. The van der Waals surface area contributed by atoms with E-state index in [9.17, 15) is 14.3 Å². The van der Waals surface area contributed by atoms with Crippen molar-refractivity contribution in [3.63, 3.8) is 0 Å². The van der Waals surface area contributed by atoms with Gasteiger partial charge in [0.1, 0.15) is 11.6 Å². The molecule has 0 saturated carbocycles. The molecule has 0 aliphatic heterocycles. The number of phenols is 1. The highest BCUT2D eigenvalue weighted by Gasteiger charge is 2.23. The van der Waals surface area contributed by atoms with Crippen molar-refractivity contribution < 1.29 is 19.4 Å². The molecule has 0 aliphatic rings. The minimum absolute atomic E-state index is 0.000512. The van der Waals surface area contributed by atoms with Crippen LogP contribution >= 0.6 is 0 Å². The normalized spacial score (nSPS) is 13.0. The van der Waals surface area contributed by atoms with Gasteiger partial charge >= 0.3 is 5.97 Å². The van der Waals surface area contributed by atoms with Crippen molar-refractivity contribution in [3.8, 4) is 5.75 Å². The predicted octanol–water partition coefficient (Wildman–Crippen LogP) is 2.39. The molecule has 0 heterocycles. The number of benzene rings is 1. The van der Waals surface area contributed by atoms with E-state index in [4.69, 9.17) is 5.11 Å². The van der Waals surface area contributed by atoms with Crippen LogP contribution in [0.5, 0.6) is 5.75 Å². The van der Waals surface area contributed by atoms with Gasteiger partial charge in [-0.2, -0.15) is 0 Å². The number of carbonyl (C=O) groups is 1. The molecule has 1 atom stereocenters. The summed E-state index contributed by atoms with van der Waals surface area (Å²) in [7, 11) is 0. The summed E-state index contributed by atoms with van der Waals surface area (Å²) in [6.07, 6.45) is 0. The van der Waals surface area contributed by atoms with Crippen LogP contribution in [0.1, 0.15) is 32.4 Å². The summed E-state index contributed by atoms with van der Waals surface area (Å²) in [5.41, 5.74) is 0.520. The number of aliphatic carboxylic acids is 1. The van der Waals surface area contributed by atoms with Crippen molar-refractivity contribution in [1.29, 1.82) is 0 Å². The molecule has 0 aliphatic carbocycles. The lowest BCUT2D eigenvalue weighted by Gasteiger charge is -2.31. The van der Waals surface area contributed by atoms with Crippen molar-refractivity contribution in [2.24, 2.45) is 0 Å². The van der Waals surface area contributed by atoms with Gasteiger partial charge in [0.25, 0.3) is 0 Å². The molecular weight excluding hydrogens is 237 g/mol. The van der Waals surface area contributed by atoms with Gasteiger partial charge in [-0.3, -0.25) is 9.69 Å². The number of phenolic OH excluding ortho intramolecular Hbond substituents is 1. The largest absolute Gasteiger partial charge is 0.508 e. The summed E-state index contributed by atoms with van der Waals surface area (Å²) in [5.74, 6) is -1.60. The van der Waals surface area contributed by atoms with Crippen LogP contribution in [-0.2, 0) is 4.79 Å². The summed E-state index contributed by atoms with van der Waals surface area (Å²) < 4.78 is 12.9. The Kier molecular flexibility index (Phi) is 4.67. The van der Waals surface area contributed by atoms with Crippen LogP contribution in [-0.4, -0.2) is 33.7 Å². The van der Waals surface area contributed by atoms with Crippen LogP contribution in [0, 0.1) is 5.82 Å². The predicted molar refractivity (Wildman–Crippen MR) is 66.0 cm³/mol. The Balaban J connectivity index is 3.01. The minimum atomic E-state index is -0.933. The third-order valence-electron chi connectivity index (χ3n) is 2.92. The summed E-state index contributed by atoms with van der Waals surface area (Å²) >= 11 is 0. The molecule has 1 unspecified atom stereocenters. The van der Waals surface area contributed by atoms with E-state index in [1.54, 1.807) is 11.8 Å². The number of carboxylic acids is 1. The highest BCUT2D eigenvalue weighted by Crippen LogP contribution is 2.29. The molecular formula is C13H18FNO3. The maximum Gasteiger partial charge on any atom is 0.317 e. The average molecular weight is 255 g/mol. The van der Waals surface area contributed by atoms with Gasteiger partial charge < -0.3 is 10.2 Å². The SMILES string of the molecule is CC(C)N(CC(=O)O)C(C)c1ccc(F)cc1O. The van der Waals surface area contributed by atoms with Gasteiger partial charge in [0.2, 0.25) is 0 Å². The molecule has 1 aromatic rings. The molecule has 100 valence electrons. The monoisotopic (exact) mass is 255 g/mol. The summed E-state index contributed by atoms with van der Waals surface area (Å²) in [6, 6.07) is 3.46. The van der Waals surface area contributed by atoms with E-state index in [0.29, 0.717) is 5.56 Å². The molecule has 0 amide bonds. The van der Waals surface area contributed by atoms with E-state index in [1.807, 2.05) is 13.8 Å². The van der Waals surface area contributed by atoms with Gasteiger partial charge in [0, 0.05) is 23.7 Å². The number of nitrogens with zero attached hydrogens (tertiary/aromatic N) is 1. The molecule has 0 aromatic heterocycles. The fourth-order valence-electron chi connectivity index (χ4n) is 1.97. The average Bonchev–Trinajstić information content (AvgIpc) is 2.24. The zero-order chi connectivity index (χ0) is 13.9. The van der Waals surface area contributed by atoms with Crippen molar-refractivity contribution in [2.45, 2.75) is 32.9 Å². The zero-order valence-electron chi connectivity index (χ0n) is 10.7. The van der Waals surface area contributed by atoms with Gasteiger partial charge in [0.05, 0.1) is 6.54 Å². The lowest BCUT2D eigenvalue weighted by Crippen LogP contribution is -2.37. The lowest BCUT2D eigenvalue weighted by atomic mass is 10.0. The van der Waals surface area contributed by atoms with Crippen molar-refractivity contribution in [1.82, 2.24) is 4.90 Å². The summed E-state index contributed by atoms with van der Waals surface area (Å²) in [5, 5.41) is 18.6. The first kappa shape index (κ1) is 14.4. The first-order valence-electron chi connectivity index (χ1n) is 5.79. The Morgan fingerprint density at radius 2 is 2.00 bits per heavy atom. The van der Waals surface area contributed by atoms with Crippen LogP contribution in [0.3, 0.4) is 0 Å². The molecule has 5 heteroatoms. The Bertz CT molecular complexity index is 434. The number of carboxylic acid groups (broad SMARTS) is 1. The second kappa shape index (κ2) is 5.82. The highest BCUT2D eigenvalue weighted by atomic mass is 19.1. The number of rotatable bonds is 5. The van der Waals surface area contributed by atoms with Crippen LogP contribution in [0.4, 0.5) is 4.39 Å². The molecule has 0 fully saturated rings. The highest BCUT2D eigenvalue weighted by molar-refractivity contribution is 5.69. The molecule has 0 saturated heterocycles. The Morgan fingerprint density at radius 3 is 2.44 bits per heavy atom. The second-order valence-electron chi connectivity index (χ2n) is 4.54. The molecule has 1 rings (SSSR count). The molecule has 1 aromatic carbocycles. The molecule has 2 N–H and O–H groups in total. The maximum absolute atomic E-state index is 12.9. The fourth-order valence-corrected chi connectivity index (χ4v) is 1.97. The van der Waals surface area contributed by atoms with E-state index in [-0.39, 0.29) is 24.4 Å². The van der Waals surface area contributed by atoms with Crippen molar-refractivity contribution >= 4 is 5.97 Å². The topological polar surface area (TPSA) is 60.8 Å². The maximum atomic E-state index is 12.9. The van der Waals surface area contributed by atoms with Gasteiger partial charge in [-0.05, 0) is 26.8 Å². The molecule has 18 heavy (non-hydrogen) atoms. The van der Waals surface area contributed by atoms with Crippen LogP contribution in [0.25, 0.3) is 0 Å². The Hall–Kier alpha value is -1.62. The number of hydrogen-bond acceptors (Lipinski definition) is 3. The Labute approximate surface area is 106 Å². The second-order valence-corrected chi connectivity index (χ2v) is 4.54. The quantitative estimate of drug-likeness (QED) is 0.848. The van der Waals surface area contributed by atoms with Gasteiger partial charge in [-0.25, -0.2) is 4.39 Å². The van der Waals surface area contributed by atoms with E-state index < -0.39 is 11.8 Å². The minimum Gasteiger partial charge on any atom is -0.508 e. The molecule has 4 nitrogen and oxygen atoms in total.